The molecule has 0 heterocycles. The summed E-state index contributed by atoms with van der Waals surface area (Å²) in [6.45, 7) is 1.38. The van der Waals surface area contributed by atoms with E-state index in [1.165, 1.54) is 19.1 Å². The molecule has 1 amide bonds. The highest BCUT2D eigenvalue weighted by Crippen LogP contribution is 2.46. The van der Waals surface area contributed by atoms with Gasteiger partial charge in [0.2, 0.25) is 5.91 Å². The summed E-state index contributed by atoms with van der Waals surface area (Å²) < 4.78 is 13.3. The van der Waals surface area contributed by atoms with Crippen molar-refractivity contribution < 1.29 is 14.3 Å². The maximum absolute atomic E-state index is 13.3. The third kappa shape index (κ3) is 1.97. The smallest absolute Gasteiger partial charge is 0.221 e. The largest absolute Gasteiger partial charge is 0.384 e. The van der Waals surface area contributed by atoms with Gasteiger partial charge in [-0.2, -0.15) is 0 Å². The van der Waals surface area contributed by atoms with Crippen LogP contribution < -0.4 is 5.32 Å². The molecule has 2 aromatic carbocycles. The van der Waals surface area contributed by atoms with E-state index in [2.05, 4.69) is 5.32 Å². The number of aliphatic hydroxyl groups excluding tert-OH is 1. The minimum atomic E-state index is -0.916. The SMILES string of the molecule is CC(=O)Nc1cc2c(cc1Cl)-c1ccc(F)cc1C2O. The maximum Gasteiger partial charge on any atom is 0.221 e. The number of amides is 1. The van der Waals surface area contributed by atoms with Gasteiger partial charge in [-0.25, -0.2) is 4.39 Å². The predicted molar refractivity (Wildman–Crippen MR) is 75.2 cm³/mol. The zero-order valence-corrected chi connectivity index (χ0v) is 11.3. The van der Waals surface area contributed by atoms with Crippen LogP contribution in [0.15, 0.2) is 30.3 Å². The fourth-order valence-corrected chi connectivity index (χ4v) is 2.72. The molecule has 1 aliphatic carbocycles. The van der Waals surface area contributed by atoms with Crippen LogP contribution in [0.5, 0.6) is 0 Å². The van der Waals surface area contributed by atoms with Gasteiger partial charge >= 0.3 is 0 Å². The Morgan fingerprint density at radius 3 is 2.65 bits per heavy atom. The number of carbonyl (C=O) groups is 1. The minimum Gasteiger partial charge on any atom is -0.384 e. The number of fused-ring (bicyclic) bond motifs is 3. The van der Waals surface area contributed by atoms with E-state index < -0.39 is 11.9 Å². The number of aliphatic hydroxyl groups is 1. The van der Waals surface area contributed by atoms with Gasteiger partial charge in [-0.15, -0.1) is 0 Å². The standard InChI is InChI=1S/C15H11ClFNO2/c1-7(19)18-14-6-12-10(5-13(14)16)9-3-2-8(17)4-11(9)15(12)20/h2-6,15,20H,1H3,(H,18,19). The number of nitrogens with one attached hydrogen (secondary N) is 1. The summed E-state index contributed by atoms with van der Waals surface area (Å²) in [5.74, 6) is -0.647. The van der Waals surface area contributed by atoms with Gasteiger partial charge in [0, 0.05) is 6.92 Å². The predicted octanol–water partition coefficient (Wildman–Crippen LogP) is 3.50. The minimum absolute atomic E-state index is 0.247. The van der Waals surface area contributed by atoms with Crippen molar-refractivity contribution in [3.63, 3.8) is 0 Å². The molecule has 102 valence electrons. The van der Waals surface area contributed by atoms with Gasteiger partial charge in [-0.3, -0.25) is 4.79 Å². The molecule has 0 saturated carbocycles. The van der Waals surface area contributed by atoms with Gasteiger partial charge in [-0.1, -0.05) is 17.7 Å². The second kappa shape index (κ2) is 4.58. The molecule has 0 aliphatic heterocycles. The quantitative estimate of drug-likeness (QED) is 0.845. The van der Waals surface area contributed by atoms with E-state index in [0.717, 1.165) is 11.1 Å². The second-order valence-corrected chi connectivity index (χ2v) is 5.14. The van der Waals surface area contributed by atoms with Crippen LogP contribution in [0.2, 0.25) is 5.02 Å². The van der Waals surface area contributed by atoms with Gasteiger partial charge in [-0.05, 0) is 46.5 Å². The third-order valence-corrected chi connectivity index (χ3v) is 3.66. The van der Waals surface area contributed by atoms with Crippen LogP contribution in [0.1, 0.15) is 24.2 Å². The summed E-state index contributed by atoms with van der Waals surface area (Å²) in [5, 5.41) is 13.3. The molecule has 1 aliphatic rings. The number of hydrogen-bond acceptors (Lipinski definition) is 2. The molecule has 0 saturated heterocycles. The van der Waals surface area contributed by atoms with Crippen LogP contribution in [0.4, 0.5) is 10.1 Å². The molecule has 0 radical (unpaired) electrons. The van der Waals surface area contributed by atoms with E-state index in [1.807, 2.05) is 0 Å². The van der Waals surface area contributed by atoms with E-state index in [1.54, 1.807) is 18.2 Å². The molecule has 0 fully saturated rings. The zero-order valence-electron chi connectivity index (χ0n) is 10.6. The highest BCUT2D eigenvalue weighted by Gasteiger charge is 2.28. The molecule has 2 N–H and O–H groups in total. The number of hydrogen-bond donors (Lipinski definition) is 2. The first-order chi connectivity index (χ1) is 9.47. The van der Waals surface area contributed by atoms with Crippen molar-refractivity contribution in [1.29, 1.82) is 0 Å². The van der Waals surface area contributed by atoms with Crippen molar-refractivity contribution in [2.45, 2.75) is 13.0 Å². The van der Waals surface area contributed by atoms with E-state index in [-0.39, 0.29) is 5.91 Å². The Balaban J connectivity index is 2.17. The molecular formula is C15H11ClFNO2. The summed E-state index contributed by atoms with van der Waals surface area (Å²) in [4.78, 5) is 11.1. The molecule has 3 nitrogen and oxygen atoms in total. The summed E-state index contributed by atoms with van der Waals surface area (Å²) in [5.41, 5.74) is 3.07. The fourth-order valence-electron chi connectivity index (χ4n) is 2.51. The van der Waals surface area contributed by atoms with Gasteiger partial charge in [0.25, 0.3) is 0 Å². The Morgan fingerprint density at radius 2 is 1.95 bits per heavy atom. The Kier molecular flexibility index (Phi) is 3.00. The molecule has 5 heteroatoms. The number of benzene rings is 2. The average molecular weight is 292 g/mol. The fraction of sp³-hybridized carbons (Fsp3) is 0.133. The number of rotatable bonds is 1. The second-order valence-electron chi connectivity index (χ2n) is 4.73. The van der Waals surface area contributed by atoms with Crippen molar-refractivity contribution in [3.05, 3.63) is 52.3 Å². The van der Waals surface area contributed by atoms with Crippen LogP contribution in [0, 0.1) is 5.82 Å². The molecule has 20 heavy (non-hydrogen) atoms. The molecule has 0 aromatic heterocycles. The lowest BCUT2D eigenvalue weighted by Crippen LogP contribution is -2.07. The molecule has 0 bridgehead atoms. The molecule has 2 aromatic rings. The van der Waals surface area contributed by atoms with Gasteiger partial charge in [0.05, 0.1) is 10.7 Å². The Bertz CT molecular complexity index is 730. The topological polar surface area (TPSA) is 49.3 Å². The molecule has 0 spiro atoms. The van der Waals surface area contributed by atoms with Gasteiger partial charge in [0.1, 0.15) is 11.9 Å². The van der Waals surface area contributed by atoms with Crippen molar-refractivity contribution in [3.8, 4) is 11.1 Å². The van der Waals surface area contributed by atoms with Crippen LogP contribution in [-0.2, 0) is 4.79 Å². The van der Waals surface area contributed by atoms with E-state index in [9.17, 15) is 14.3 Å². The normalized spacial score (nSPS) is 15.7. The lowest BCUT2D eigenvalue weighted by Gasteiger charge is -2.10. The zero-order chi connectivity index (χ0) is 14.4. The van der Waals surface area contributed by atoms with Crippen LogP contribution in [0.25, 0.3) is 11.1 Å². The Morgan fingerprint density at radius 1 is 1.25 bits per heavy atom. The van der Waals surface area contributed by atoms with E-state index in [0.29, 0.717) is 21.8 Å². The first kappa shape index (κ1) is 13.1. The highest BCUT2D eigenvalue weighted by molar-refractivity contribution is 6.34. The third-order valence-electron chi connectivity index (χ3n) is 3.34. The lowest BCUT2D eigenvalue weighted by molar-refractivity contribution is -0.114. The number of carbonyl (C=O) groups excluding carboxylic acids is 1. The van der Waals surface area contributed by atoms with Crippen LogP contribution >= 0.6 is 11.6 Å². The van der Waals surface area contributed by atoms with Crippen molar-refractivity contribution in [2.75, 3.05) is 5.32 Å². The molecule has 1 atom stereocenters. The number of anilines is 1. The van der Waals surface area contributed by atoms with Crippen molar-refractivity contribution in [1.82, 2.24) is 0 Å². The maximum atomic E-state index is 13.3. The van der Waals surface area contributed by atoms with Crippen molar-refractivity contribution in [2.24, 2.45) is 0 Å². The first-order valence-corrected chi connectivity index (χ1v) is 6.44. The summed E-state index contributed by atoms with van der Waals surface area (Å²) in [7, 11) is 0. The highest BCUT2D eigenvalue weighted by atomic mass is 35.5. The van der Waals surface area contributed by atoms with Crippen molar-refractivity contribution >= 4 is 23.2 Å². The average Bonchev–Trinajstić information content (AvgIpc) is 2.63. The summed E-state index contributed by atoms with van der Waals surface area (Å²) >= 11 is 6.13. The molecule has 3 rings (SSSR count). The Labute approximate surface area is 120 Å². The number of halogens is 2. The Hall–Kier alpha value is -1.91. The van der Waals surface area contributed by atoms with Crippen LogP contribution in [0.3, 0.4) is 0 Å². The van der Waals surface area contributed by atoms with Gasteiger partial charge in [0.15, 0.2) is 0 Å². The summed E-state index contributed by atoms with van der Waals surface area (Å²) in [6, 6.07) is 7.58. The molecule has 1 unspecified atom stereocenters. The summed E-state index contributed by atoms with van der Waals surface area (Å²) in [6.07, 6.45) is -0.916. The first-order valence-electron chi connectivity index (χ1n) is 6.06. The lowest BCUT2D eigenvalue weighted by atomic mass is 10.1. The molecular weight excluding hydrogens is 281 g/mol. The van der Waals surface area contributed by atoms with Gasteiger partial charge < -0.3 is 10.4 Å². The monoisotopic (exact) mass is 291 g/mol. The van der Waals surface area contributed by atoms with E-state index in [4.69, 9.17) is 11.6 Å². The van der Waals surface area contributed by atoms with Crippen LogP contribution in [-0.4, -0.2) is 11.0 Å². The van der Waals surface area contributed by atoms with E-state index >= 15 is 0 Å².